The Morgan fingerprint density at radius 1 is 1.19 bits per heavy atom. The highest BCUT2D eigenvalue weighted by Gasteiger charge is 2.42. The minimum atomic E-state index is -0.215. The molecule has 96 valence electrons. The van der Waals surface area contributed by atoms with Gasteiger partial charge < -0.3 is 10.5 Å². The zero-order chi connectivity index (χ0) is 13.0. The van der Waals surface area contributed by atoms with Crippen LogP contribution in [0.4, 0.5) is 0 Å². The van der Waals surface area contributed by atoms with Crippen molar-refractivity contribution in [3.63, 3.8) is 0 Å². The summed E-state index contributed by atoms with van der Waals surface area (Å²) in [6.45, 7) is 16.5. The molecule has 3 nitrogen and oxygen atoms in total. The van der Waals surface area contributed by atoms with Crippen molar-refractivity contribution in [1.29, 1.82) is 0 Å². The Morgan fingerprint density at radius 2 is 1.62 bits per heavy atom. The normalized spacial score (nSPS) is 22.4. The van der Waals surface area contributed by atoms with Crippen molar-refractivity contribution in [3.05, 3.63) is 11.6 Å². The maximum Gasteiger partial charge on any atom is 0.0620 e. The Morgan fingerprint density at radius 3 is 1.69 bits per heavy atom. The van der Waals surface area contributed by atoms with Crippen molar-refractivity contribution < 1.29 is 5.21 Å². The molecular formula is C13H28N2O. The zero-order valence-corrected chi connectivity index (χ0v) is 11.9. The van der Waals surface area contributed by atoms with Crippen molar-refractivity contribution in [2.45, 2.75) is 59.5 Å². The molecule has 0 fully saturated rings. The van der Waals surface area contributed by atoms with E-state index in [0.29, 0.717) is 0 Å². The Balaban J connectivity index is 0.000000385. The number of nitrogens with zero attached hydrogens (tertiary/aromatic N) is 1. The van der Waals surface area contributed by atoms with E-state index in [9.17, 15) is 5.21 Å². The van der Waals surface area contributed by atoms with Crippen LogP contribution in [0.3, 0.4) is 0 Å². The smallest absolute Gasteiger partial charge is 0.0620 e. The predicted molar refractivity (Wildman–Crippen MR) is 69.8 cm³/mol. The molecule has 1 aliphatic rings. The van der Waals surface area contributed by atoms with Gasteiger partial charge in [0.15, 0.2) is 0 Å². The van der Waals surface area contributed by atoms with Crippen LogP contribution in [-0.2, 0) is 0 Å². The molecule has 3 heteroatoms. The highest BCUT2D eigenvalue weighted by molar-refractivity contribution is 5.27. The molecule has 0 radical (unpaired) electrons. The van der Waals surface area contributed by atoms with Crippen LogP contribution >= 0.6 is 0 Å². The van der Waals surface area contributed by atoms with Gasteiger partial charge in [0.2, 0.25) is 0 Å². The molecule has 0 amide bonds. The molecule has 1 heterocycles. The summed E-state index contributed by atoms with van der Waals surface area (Å²) in [6.07, 6.45) is 2.10. The second kappa shape index (κ2) is 5.80. The third-order valence-corrected chi connectivity index (χ3v) is 3.11. The van der Waals surface area contributed by atoms with E-state index in [2.05, 4.69) is 32.2 Å². The molecule has 0 saturated heterocycles. The Kier molecular flexibility index (Phi) is 5.66. The summed E-state index contributed by atoms with van der Waals surface area (Å²) < 4.78 is 0. The van der Waals surface area contributed by atoms with Crippen molar-refractivity contribution in [1.82, 2.24) is 10.4 Å². The average molecular weight is 228 g/mol. The van der Waals surface area contributed by atoms with E-state index in [0.717, 1.165) is 13.1 Å². The van der Waals surface area contributed by atoms with Crippen molar-refractivity contribution >= 4 is 0 Å². The standard InChI is InChI=1S/C9H17NO.C4H11N/c1-7-6-8(2,3)10(11)9(7,4)5;1-3-5-4-2/h6,11H,1-5H3;5H,3-4H2,1-2H3. The maximum atomic E-state index is 9.74. The molecule has 16 heavy (non-hydrogen) atoms. The number of hydroxylamine groups is 2. The molecule has 2 N–H and O–H groups in total. The molecule has 0 aliphatic carbocycles. The zero-order valence-electron chi connectivity index (χ0n) is 11.9. The Bertz CT molecular complexity index is 242. The molecule has 0 atom stereocenters. The van der Waals surface area contributed by atoms with Crippen LogP contribution in [0, 0.1) is 0 Å². The molecule has 1 rings (SSSR count). The van der Waals surface area contributed by atoms with E-state index in [1.807, 2.05) is 27.7 Å². The van der Waals surface area contributed by atoms with Crippen LogP contribution in [0.2, 0.25) is 0 Å². The van der Waals surface area contributed by atoms with Gasteiger partial charge in [-0.1, -0.05) is 25.5 Å². The van der Waals surface area contributed by atoms with Crippen LogP contribution < -0.4 is 5.32 Å². The first-order chi connectivity index (χ1) is 7.20. The fraction of sp³-hybridized carbons (Fsp3) is 0.846. The first kappa shape index (κ1) is 15.6. The molecular weight excluding hydrogens is 200 g/mol. The van der Waals surface area contributed by atoms with Gasteiger partial charge in [-0.25, -0.2) is 0 Å². The fourth-order valence-electron chi connectivity index (χ4n) is 1.91. The summed E-state index contributed by atoms with van der Waals surface area (Å²) in [4.78, 5) is 0. The molecule has 0 aromatic carbocycles. The first-order valence-corrected chi connectivity index (χ1v) is 6.10. The van der Waals surface area contributed by atoms with E-state index in [4.69, 9.17) is 0 Å². The van der Waals surface area contributed by atoms with Gasteiger partial charge in [-0.2, -0.15) is 5.06 Å². The minimum absolute atomic E-state index is 0.205. The van der Waals surface area contributed by atoms with Gasteiger partial charge in [0.25, 0.3) is 0 Å². The third-order valence-electron chi connectivity index (χ3n) is 3.11. The van der Waals surface area contributed by atoms with E-state index >= 15 is 0 Å². The van der Waals surface area contributed by atoms with E-state index < -0.39 is 0 Å². The van der Waals surface area contributed by atoms with Crippen LogP contribution in [0.25, 0.3) is 0 Å². The van der Waals surface area contributed by atoms with Crippen LogP contribution in [0.15, 0.2) is 11.6 Å². The van der Waals surface area contributed by atoms with Crippen molar-refractivity contribution in [2.75, 3.05) is 13.1 Å². The lowest BCUT2D eigenvalue weighted by molar-refractivity contribution is -0.185. The van der Waals surface area contributed by atoms with Crippen molar-refractivity contribution in [3.8, 4) is 0 Å². The number of hydrogen-bond donors (Lipinski definition) is 2. The lowest BCUT2D eigenvalue weighted by atomic mass is 9.99. The largest absolute Gasteiger partial charge is 0.317 e. The Hall–Kier alpha value is -0.380. The quantitative estimate of drug-likeness (QED) is 0.713. The second-order valence-corrected chi connectivity index (χ2v) is 5.31. The fourth-order valence-corrected chi connectivity index (χ4v) is 1.91. The van der Waals surface area contributed by atoms with Gasteiger partial charge in [-0.15, -0.1) is 0 Å². The van der Waals surface area contributed by atoms with E-state index in [-0.39, 0.29) is 11.1 Å². The maximum absolute atomic E-state index is 9.74. The van der Waals surface area contributed by atoms with Gasteiger partial charge in [0.1, 0.15) is 0 Å². The molecule has 0 saturated carbocycles. The van der Waals surface area contributed by atoms with E-state index in [1.54, 1.807) is 0 Å². The summed E-state index contributed by atoms with van der Waals surface area (Å²) in [6, 6.07) is 0. The minimum Gasteiger partial charge on any atom is -0.317 e. The summed E-state index contributed by atoms with van der Waals surface area (Å²) in [5.41, 5.74) is 0.807. The van der Waals surface area contributed by atoms with Crippen LogP contribution in [0.1, 0.15) is 48.5 Å². The van der Waals surface area contributed by atoms with Crippen molar-refractivity contribution in [2.24, 2.45) is 0 Å². The van der Waals surface area contributed by atoms with Gasteiger partial charge in [0.05, 0.1) is 11.1 Å². The molecule has 0 aromatic heterocycles. The Labute approximate surface area is 100 Å². The molecule has 0 bridgehead atoms. The van der Waals surface area contributed by atoms with E-state index in [1.165, 1.54) is 10.6 Å². The van der Waals surface area contributed by atoms with Crippen LogP contribution in [0.5, 0.6) is 0 Å². The average Bonchev–Trinajstić information content (AvgIpc) is 2.29. The monoisotopic (exact) mass is 228 g/mol. The molecule has 1 aliphatic heterocycles. The lowest BCUT2D eigenvalue weighted by Gasteiger charge is -2.35. The molecule has 0 spiro atoms. The number of nitrogens with one attached hydrogen (secondary N) is 1. The highest BCUT2D eigenvalue weighted by Crippen LogP contribution is 2.37. The van der Waals surface area contributed by atoms with Gasteiger partial charge in [-0.3, -0.25) is 0 Å². The summed E-state index contributed by atoms with van der Waals surface area (Å²) in [7, 11) is 0. The first-order valence-electron chi connectivity index (χ1n) is 6.10. The van der Waals surface area contributed by atoms with Crippen LogP contribution in [-0.4, -0.2) is 34.4 Å². The van der Waals surface area contributed by atoms with Gasteiger partial charge in [0, 0.05) is 0 Å². The highest BCUT2D eigenvalue weighted by atomic mass is 16.5. The lowest BCUT2D eigenvalue weighted by Crippen LogP contribution is -2.47. The SMILES string of the molecule is CC1=CC(C)(C)N(O)C1(C)C.CCNCC. The van der Waals surface area contributed by atoms with Gasteiger partial charge in [-0.05, 0) is 47.7 Å². The second-order valence-electron chi connectivity index (χ2n) is 5.31. The number of hydrogen-bond acceptors (Lipinski definition) is 3. The topological polar surface area (TPSA) is 35.5 Å². The summed E-state index contributed by atoms with van der Waals surface area (Å²) in [5.74, 6) is 0. The van der Waals surface area contributed by atoms with Gasteiger partial charge >= 0.3 is 0 Å². The molecule has 0 unspecified atom stereocenters. The summed E-state index contributed by atoms with van der Waals surface area (Å²) in [5, 5.41) is 14.3. The third kappa shape index (κ3) is 3.58. The molecule has 0 aromatic rings. The summed E-state index contributed by atoms with van der Waals surface area (Å²) >= 11 is 0. The predicted octanol–water partition coefficient (Wildman–Crippen LogP) is 2.81. The number of rotatable bonds is 2.